The summed E-state index contributed by atoms with van der Waals surface area (Å²) in [6.45, 7) is 2.97. The van der Waals surface area contributed by atoms with E-state index >= 15 is 0 Å². The number of halogens is 1. The quantitative estimate of drug-likeness (QED) is 0.902. The fourth-order valence-corrected chi connectivity index (χ4v) is 2.45. The first kappa shape index (κ1) is 15.0. The molecule has 0 aliphatic rings. The summed E-state index contributed by atoms with van der Waals surface area (Å²) in [4.78, 5) is 6.62. The van der Waals surface area contributed by atoms with Crippen molar-refractivity contribution in [3.05, 3.63) is 58.2 Å². The monoisotopic (exact) mass is 333 g/mol. The first-order valence-corrected chi connectivity index (χ1v) is 7.49. The van der Waals surface area contributed by atoms with Crippen molar-refractivity contribution >= 4 is 21.7 Å². The Hall–Kier alpha value is -1.39. The first-order chi connectivity index (χ1) is 9.61. The average molecular weight is 334 g/mol. The van der Waals surface area contributed by atoms with Gasteiger partial charge in [-0.1, -0.05) is 34.1 Å². The van der Waals surface area contributed by atoms with Crippen molar-refractivity contribution < 1.29 is 0 Å². The van der Waals surface area contributed by atoms with Crippen molar-refractivity contribution in [3.63, 3.8) is 0 Å². The summed E-state index contributed by atoms with van der Waals surface area (Å²) >= 11 is 3.59. The van der Waals surface area contributed by atoms with Gasteiger partial charge in [0.05, 0.1) is 0 Å². The summed E-state index contributed by atoms with van der Waals surface area (Å²) in [6.07, 6.45) is 1.87. The molecule has 1 atom stereocenters. The van der Waals surface area contributed by atoms with Crippen LogP contribution < -0.4 is 10.2 Å². The van der Waals surface area contributed by atoms with Crippen LogP contribution in [-0.2, 0) is 6.54 Å². The van der Waals surface area contributed by atoms with E-state index < -0.39 is 0 Å². The van der Waals surface area contributed by atoms with Gasteiger partial charge < -0.3 is 10.2 Å². The molecule has 0 bridgehead atoms. The summed E-state index contributed by atoms with van der Waals surface area (Å²) in [7, 11) is 4.03. The number of anilines is 1. The molecular weight excluding hydrogens is 314 g/mol. The van der Waals surface area contributed by atoms with Gasteiger partial charge in [-0.3, -0.25) is 0 Å². The highest BCUT2D eigenvalue weighted by Gasteiger charge is 2.09. The Labute approximate surface area is 129 Å². The van der Waals surface area contributed by atoms with Crippen molar-refractivity contribution in [3.8, 4) is 0 Å². The molecule has 0 aliphatic heterocycles. The first-order valence-electron chi connectivity index (χ1n) is 6.69. The van der Waals surface area contributed by atoms with Gasteiger partial charge in [0.15, 0.2) is 0 Å². The Bertz CT molecular complexity index is 571. The van der Waals surface area contributed by atoms with Gasteiger partial charge in [0.25, 0.3) is 0 Å². The number of hydrogen-bond acceptors (Lipinski definition) is 3. The van der Waals surface area contributed by atoms with Gasteiger partial charge in [-0.25, -0.2) is 4.98 Å². The number of nitrogens with one attached hydrogen (secondary N) is 1. The second kappa shape index (κ2) is 6.86. The van der Waals surface area contributed by atoms with Gasteiger partial charge in [-0.2, -0.15) is 0 Å². The van der Waals surface area contributed by atoms with E-state index in [4.69, 9.17) is 0 Å². The van der Waals surface area contributed by atoms with Crippen LogP contribution in [0.4, 0.5) is 5.82 Å². The third kappa shape index (κ3) is 3.58. The molecule has 1 aromatic heterocycles. The van der Waals surface area contributed by atoms with Gasteiger partial charge in [0, 0.05) is 30.3 Å². The maximum atomic E-state index is 4.46. The smallest absolute Gasteiger partial charge is 0.128 e. The van der Waals surface area contributed by atoms with Gasteiger partial charge in [-0.05, 0) is 43.3 Å². The maximum absolute atomic E-state index is 4.46. The summed E-state index contributed by atoms with van der Waals surface area (Å²) in [5, 5.41) is 3.25. The van der Waals surface area contributed by atoms with Crippen molar-refractivity contribution in [2.75, 3.05) is 19.0 Å². The Morgan fingerprint density at radius 3 is 2.75 bits per heavy atom. The summed E-state index contributed by atoms with van der Waals surface area (Å²) < 4.78 is 1.13. The molecule has 1 heterocycles. The van der Waals surface area contributed by atoms with Crippen LogP contribution in [0.1, 0.15) is 24.1 Å². The third-order valence-corrected chi connectivity index (χ3v) is 4.23. The lowest BCUT2D eigenvalue weighted by Crippen LogP contribution is -2.19. The highest BCUT2D eigenvalue weighted by molar-refractivity contribution is 9.10. The van der Waals surface area contributed by atoms with E-state index in [1.54, 1.807) is 0 Å². The highest BCUT2D eigenvalue weighted by Crippen LogP contribution is 2.21. The number of pyridine rings is 1. The fraction of sp³-hybridized carbons (Fsp3) is 0.312. The number of nitrogens with zero attached hydrogens (tertiary/aromatic N) is 2. The zero-order valence-electron chi connectivity index (χ0n) is 12.1. The van der Waals surface area contributed by atoms with Crippen molar-refractivity contribution in [1.82, 2.24) is 10.3 Å². The molecule has 3 nitrogen and oxygen atoms in total. The van der Waals surface area contributed by atoms with Gasteiger partial charge in [-0.15, -0.1) is 0 Å². The lowest BCUT2D eigenvalue weighted by atomic mass is 10.1. The molecule has 0 saturated carbocycles. The topological polar surface area (TPSA) is 28.2 Å². The zero-order chi connectivity index (χ0) is 14.5. The molecule has 0 radical (unpaired) electrons. The minimum Gasteiger partial charge on any atom is -0.355 e. The SMILES string of the molecule is CNC(C)c1ccnc(N(C)Cc2ccccc2Br)c1. The Kier molecular flexibility index (Phi) is 5.15. The number of benzene rings is 1. The van der Waals surface area contributed by atoms with E-state index in [0.29, 0.717) is 6.04 Å². The van der Waals surface area contributed by atoms with Crippen LogP contribution in [0, 0.1) is 0 Å². The van der Waals surface area contributed by atoms with Crippen LogP contribution in [0.15, 0.2) is 47.1 Å². The molecule has 1 N–H and O–H groups in total. The molecule has 2 rings (SSSR count). The van der Waals surface area contributed by atoms with Gasteiger partial charge in [0.2, 0.25) is 0 Å². The van der Waals surface area contributed by atoms with Crippen LogP contribution in [-0.4, -0.2) is 19.1 Å². The van der Waals surface area contributed by atoms with Gasteiger partial charge in [0.1, 0.15) is 5.82 Å². The van der Waals surface area contributed by atoms with E-state index in [-0.39, 0.29) is 0 Å². The zero-order valence-corrected chi connectivity index (χ0v) is 13.7. The predicted molar refractivity (Wildman–Crippen MR) is 88.0 cm³/mol. The molecule has 0 saturated heterocycles. The van der Waals surface area contributed by atoms with Crippen LogP contribution >= 0.6 is 15.9 Å². The van der Waals surface area contributed by atoms with Crippen LogP contribution in [0.3, 0.4) is 0 Å². The average Bonchev–Trinajstić information content (AvgIpc) is 2.49. The van der Waals surface area contributed by atoms with E-state index in [2.05, 4.69) is 75.4 Å². The standard InChI is InChI=1S/C16H20BrN3/c1-12(18-2)13-8-9-19-16(10-13)20(3)11-14-6-4-5-7-15(14)17/h4-10,12,18H,11H2,1-3H3. The Balaban J connectivity index is 2.17. The van der Waals surface area contributed by atoms with E-state index in [1.807, 2.05) is 19.3 Å². The molecule has 1 aromatic carbocycles. The molecule has 0 spiro atoms. The Morgan fingerprint density at radius 1 is 1.30 bits per heavy atom. The Morgan fingerprint density at radius 2 is 2.05 bits per heavy atom. The molecule has 106 valence electrons. The molecule has 20 heavy (non-hydrogen) atoms. The number of rotatable bonds is 5. The molecule has 0 aliphatic carbocycles. The minimum absolute atomic E-state index is 0.327. The summed E-state index contributed by atoms with van der Waals surface area (Å²) in [5.41, 5.74) is 2.50. The normalized spacial score (nSPS) is 12.2. The second-order valence-corrected chi connectivity index (χ2v) is 5.76. The van der Waals surface area contributed by atoms with Crippen molar-refractivity contribution in [1.29, 1.82) is 0 Å². The molecule has 1 unspecified atom stereocenters. The van der Waals surface area contributed by atoms with E-state index in [9.17, 15) is 0 Å². The predicted octanol–water partition coefficient (Wildman–Crippen LogP) is 3.76. The number of aromatic nitrogens is 1. The fourth-order valence-electron chi connectivity index (χ4n) is 2.04. The largest absolute Gasteiger partial charge is 0.355 e. The van der Waals surface area contributed by atoms with Crippen LogP contribution in [0.25, 0.3) is 0 Å². The molecule has 0 fully saturated rings. The van der Waals surface area contributed by atoms with Crippen molar-refractivity contribution in [2.24, 2.45) is 0 Å². The minimum atomic E-state index is 0.327. The molecule has 4 heteroatoms. The third-order valence-electron chi connectivity index (χ3n) is 3.46. The summed E-state index contributed by atoms with van der Waals surface area (Å²) in [6, 6.07) is 12.8. The lowest BCUT2D eigenvalue weighted by Gasteiger charge is -2.20. The maximum Gasteiger partial charge on any atom is 0.128 e. The van der Waals surface area contributed by atoms with E-state index in [1.165, 1.54) is 11.1 Å². The summed E-state index contributed by atoms with van der Waals surface area (Å²) in [5.74, 6) is 0.986. The highest BCUT2D eigenvalue weighted by atomic mass is 79.9. The van der Waals surface area contributed by atoms with E-state index in [0.717, 1.165) is 16.8 Å². The van der Waals surface area contributed by atoms with Crippen molar-refractivity contribution in [2.45, 2.75) is 19.5 Å². The lowest BCUT2D eigenvalue weighted by molar-refractivity contribution is 0.651. The van der Waals surface area contributed by atoms with Crippen LogP contribution in [0.5, 0.6) is 0 Å². The second-order valence-electron chi connectivity index (χ2n) is 4.91. The number of hydrogen-bond donors (Lipinski definition) is 1. The molecule has 0 amide bonds. The van der Waals surface area contributed by atoms with Crippen LogP contribution in [0.2, 0.25) is 0 Å². The van der Waals surface area contributed by atoms with Gasteiger partial charge >= 0.3 is 0 Å². The molecule has 2 aromatic rings. The molecular formula is C16H20BrN3.